The quantitative estimate of drug-likeness (QED) is 0.777. The Morgan fingerprint density at radius 2 is 2.00 bits per heavy atom. The number of ether oxygens (including phenoxy) is 1. The van der Waals surface area contributed by atoms with E-state index in [9.17, 15) is 4.79 Å². The molecular formula is C17H17N3O2. The molecule has 0 bridgehead atoms. The van der Waals surface area contributed by atoms with Gasteiger partial charge in [-0.2, -0.15) is 0 Å². The van der Waals surface area contributed by atoms with Crippen molar-refractivity contribution in [2.75, 3.05) is 12.4 Å². The van der Waals surface area contributed by atoms with Gasteiger partial charge in [0.1, 0.15) is 5.75 Å². The fourth-order valence-corrected chi connectivity index (χ4v) is 2.60. The molecule has 22 heavy (non-hydrogen) atoms. The molecule has 0 unspecified atom stereocenters. The summed E-state index contributed by atoms with van der Waals surface area (Å²) in [5.74, 6) is 1.03. The number of anilines is 1. The molecule has 2 N–H and O–H groups in total. The van der Waals surface area contributed by atoms with Crippen LogP contribution in [0.5, 0.6) is 5.75 Å². The summed E-state index contributed by atoms with van der Waals surface area (Å²) in [6, 6.07) is 12.0. The number of methoxy groups -OCH3 is 1. The second-order valence-corrected chi connectivity index (χ2v) is 5.10. The van der Waals surface area contributed by atoms with Gasteiger partial charge in [-0.15, -0.1) is 0 Å². The Bertz CT molecular complexity index is 852. The summed E-state index contributed by atoms with van der Waals surface area (Å²) in [6.45, 7) is 3.38. The Labute approximate surface area is 128 Å². The van der Waals surface area contributed by atoms with Crippen molar-refractivity contribution in [2.45, 2.75) is 13.8 Å². The molecule has 0 spiro atoms. The van der Waals surface area contributed by atoms with Crippen molar-refractivity contribution in [3.8, 4) is 17.0 Å². The van der Waals surface area contributed by atoms with Gasteiger partial charge < -0.3 is 9.72 Å². The summed E-state index contributed by atoms with van der Waals surface area (Å²) in [4.78, 5) is 18.8. The number of imidazole rings is 1. The van der Waals surface area contributed by atoms with E-state index in [1.807, 2.05) is 37.3 Å². The number of benzene rings is 2. The van der Waals surface area contributed by atoms with E-state index in [4.69, 9.17) is 4.74 Å². The van der Waals surface area contributed by atoms with Crippen LogP contribution in [0.25, 0.3) is 22.0 Å². The highest BCUT2D eigenvalue weighted by Crippen LogP contribution is 2.37. The largest absolute Gasteiger partial charge is 0.496 e. The first-order valence-corrected chi connectivity index (χ1v) is 7.00. The Kier molecular flexibility index (Phi) is 3.55. The Morgan fingerprint density at radius 3 is 2.73 bits per heavy atom. The van der Waals surface area contributed by atoms with E-state index in [0.717, 1.165) is 33.5 Å². The summed E-state index contributed by atoms with van der Waals surface area (Å²) in [6.07, 6.45) is 0. The summed E-state index contributed by atoms with van der Waals surface area (Å²) in [7, 11) is 1.64. The summed E-state index contributed by atoms with van der Waals surface area (Å²) < 4.78 is 5.51. The third-order valence-electron chi connectivity index (χ3n) is 3.53. The molecule has 0 radical (unpaired) electrons. The number of carbonyl (C=O) groups excluding carboxylic acids is 1. The molecule has 3 rings (SSSR count). The second kappa shape index (κ2) is 5.52. The molecule has 3 aromatic rings. The van der Waals surface area contributed by atoms with E-state index in [-0.39, 0.29) is 5.91 Å². The lowest BCUT2D eigenvalue weighted by Gasteiger charge is -2.11. The van der Waals surface area contributed by atoms with Crippen LogP contribution in [0.2, 0.25) is 0 Å². The lowest BCUT2D eigenvalue weighted by Crippen LogP contribution is -2.06. The summed E-state index contributed by atoms with van der Waals surface area (Å²) in [5, 5.41) is 4.85. The van der Waals surface area contributed by atoms with Crippen LogP contribution in [0.3, 0.4) is 0 Å². The van der Waals surface area contributed by atoms with E-state index in [0.29, 0.717) is 5.95 Å². The third-order valence-corrected chi connectivity index (χ3v) is 3.53. The number of H-pyrrole nitrogens is 1. The number of nitrogens with one attached hydrogen (secondary N) is 2. The monoisotopic (exact) mass is 295 g/mol. The van der Waals surface area contributed by atoms with Crippen molar-refractivity contribution in [1.82, 2.24) is 9.97 Å². The van der Waals surface area contributed by atoms with Crippen molar-refractivity contribution >= 4 is 22.6 Å². The van der Waals surface area contributed by atoms with Crippen molar-refractivity contribution in [1.29, 1.82) is 0 Å². The molecule has 0 fully saturated rings. The second-order valence-electron chi connectivity index (χ2n) is 5.10. The van der Waals surface area contributed by atoms with Crippen LogP contribution in [-0.4, -0.2) is 23.0 Å². The molecule has 2 aromatic carbocycles. The molecule has 0 atom stereocenters. The lowest BCUT2D eigenvalue weighted by atomic mass is 10.00. The predicted octanol–water partition coefficient (Wildman–Crippen LogP) is 3.51. The number of aromatic nitrogens is 2. The normalized spacial score (nSPS) is 10.7. The lowest BCUT2D eigenvalue weighted by molar-refractivity contribution is -0.114. The van der Waals surface area contributed by atoms with Crippen LogP contribution in [0.15, 0.2) is 36.4 Å². The van der Waals surface area contributed by atoms with Gasteiger partial charge in [0.2, 0.25) is 11.9 Å². The number of carbonyl (C=O) groups is 1. The maximum Gasteiger partial charge on any atom is 0.223 e. The highest BCUT2D eigenvalue weighted by atomic mass is 16.5. The number of amides is 1. The van der Waals surface area contributed by atoms with Gasteiger partial charge >= 0.3 is 0 Å². The summed E-state index contributed by atoms with van der Waals surface area (Å²) in [5.41, 5.74) is 2.57. The van der Waals surface area contributed by atoms with E-state index >= 15 is 0 Å². The molecule has 0 aliphatic rings. The van der Waals surface area contributed by atoms with Gasteiger partial charge in [-0.05, 0) is 23.8 Å². The fraction of sp³-hybridized carbons (Fsp3) is 0.176. The molecule has 112 valence electrons. The summed E-state index contributed by atoms with van der Waals surface area (Å²) >= 11 is 0. The molecule has 0 saturated heterocycles. The maximum absolute atomic E-state index is 11.2. The average Bonchev–Trinajstić information content (AvgIpc) is 2.85. The number of hydrogen-bond donors (Lipinski definition) is 2. The van der Waals surface area contributed by atoms with Crippen LogP contribution in [0.1, 0.15) is 12.6 Å². The SMILES string of the molecule is COc1ccc2ccccc2c1-c1nc(NC(C)=O)[nH]c1C. The number of fused-ring (bicyclic) bond motifs is 1. The first-order chi connectivity index (χ1) is 10.6. The van der Waals surface area contributed by atoms with Gasteiger partial charge in [0.25, 0.3) is 0 Å². The number of nitrogens with zero attached hydrogens (tertiary/aromatic N) is 1. The van der Waals surface area contributed by atoms with Gasteiger partial charge in [0.05, 0.1) is 18.4 Å². The standard InChI is InChI=1S/C17H17N3O2/c1-10-16(20-17(18-10)19-11(2)21)15-13-7-5-4-6-12(13)8-9-14(15)22-3/h4-9H,1-3H3,(H2,18,19,20,21). The zero-order chi connectivity index (χ0) is 15.7. The average molecular weight is 295 g/mol. The number of aromatic amines is 1. The molecule has 0 aliphatic heterocycles. The zero-order valence-corrected chi connectivity index (χ0v) is 12.7. The van der Waals surface area contributed by atoms with E-state index in [1.165, 1.54) is 6.92 Å². The van der Waals surface area contributed by atoms with E-state index in [2.05, 4.69) is 21.4 Å². The molecule has 1 amide bonds. The van der Waals surface area contributed by atoms with Gasteiger partial charge in [0.15, 0.2) is 0 Å². The number of aryl methyl sites for hydroxylation is 1. The minimum absolute atomic E-state index is 0.162. The van der Waals surface area contributed by atoms with Crippen LogP contribution < -0.4 is 10.1 Å². The number of rotatable bonds is 3. The van der Waals surface area contributed by atoms with Gasteiger partial charge in [-0.25, -0.2) is 4.98 Å². The number of hydrogen-bond acceptors (Lipinski definition) is 3. The van der Waals surface area contributed by atoms with Crippen molar-refractivity contribution < 1.29 is 9.53 Å². The van der Waals surface area contributed by atoms with Gasteiger partial charge in [-0.3, -0.25) is 10.1 Å². The highest BCUT2D eigenvalue weighted by Gasteiger charge is 2.17. The predicted molar refractivity (Wildman–Crippen MR) is 87.1 cm³/mol. The van der Waals surface area contributed by atoms with Crippen molar-refractivity contribution in [3.05, 3.63) is 42.1 Å². The fourth-order valence-electron chi connectivity index (χ4n) is 2.60. The Morgan fingerprint density at radius 1 is 1.23 bits per heavy atom. The third kappa shape index (κ3) is 2.41. The van der Waals surface area contributed by atoms with Gasteiger partial charge in [0, 0.05) is 12.6 Å². The molecule has 0 saturated carbocycles. The zero-order valence-electron chi connectivity index (χ0n) is 12.7. The van der Waals surface area contributed by atoms with Crippen LogP contribution in [-0.2, 0) is 4.79 Å². The maximum atomic E-state index is 11.2. The molecule has 1 heterocycles. The van der Waals surface area contributed by atoms with E-state index in [1.54, 1.807) is 7.11 Å². The molecule has 1 aromatic heterocycles. The minimum Gasteiger partial charge on any atom is -0.496 e. The van der Waals surface area contributed by atoms with Crippen LogP contribution in [0.4, 0.5) is 5.95 Å². The molecule has 5 heteroatoms. The Balaban J connectivity index is 2.25. The molecular weight excluding hydrogens is 278 g/mol. The molecule has 0 aliphatic carbocycles. The van der Waals surface area contributed by atoms with Gasteiger partial charge in [-0.1, -0.05) is 30.3 Å². The first-order valence-electron chi connectivity index (χ1n) is 7.00. The Hall–Kier alpha value is -2.82. The smallest absolute Gasteiger partial charge is 0.223 e. The van der Waals surface area contributed by atoms with Crippen LogP contribution >= 0.6 is 0 Å². The topological polar surface area (TPSA) is 67.0 Å². The van der Waals surface area contributed by atoms with Crippen molar-refractivity contribution in [3.63, 3.8) is 0 Å². The molecule has 5 nitrogen and oxygen atoms in total. The highest BCUT2D eigenvalue weighted by molar-refractivity contribution is 5.99. The first kappa shape index (κ1) is 14.1. The minimum atomic E-state index is -0.162. The van der Waals surface area contributed by atoms with E-state index < -0.39 is 0 Å². The van der Waals surface area contributed by atoms with Crippen molar-refractivity contribution in [2.24, 2.45) is 0 Å². The van der Waals surface area contributed by atoms with Crippen LogP contribution in [0, 0.1) is 6.92 Å².